The van der Waals surface area contributed by atoms with Gasteiger partial charge in [0, 0.05) is 18.0 Å². The van der Waals surface area contributed by atoms with Crippen molar-refractivity contribution in [3.63, 3.8) is 0 Å². The summed E-state index contributed by atoms with van der Waals surface area (Å²) in [6.45, 7) is 3.19. The molecule has 2 heterocycles. The van der Waals surface area contributed by atoms with Crippen molar-refractivity contribution < 1.29 is 14.6 Å². The molecule has 2 aromatic rings. The molecule has 1 fully saturated rings. The average molecular weight is 274 g/mol. The number of hydrogen-bond donors (Lipinski definition) is 1. The van der Waals surface area contributed by atoms with E-state index in [1.807, 2.05) is 22.9 Å². The fourth-order valence-electron chi connectivity index (χ4n) is 2.43. The van der Waals surface area contributed by atoms with Gasteiger partial charge in [0.1, 0.15) is 5.75 Å². The van der Waals surface area contributed by atoms with Crippen LogP contribution in [0.1, 0.15) is 18.9 Å². The van der Waals surface area contributed by atoms with Crippen LogP contribution in [0.3, 0.4) is 0 Å². The lowest BCUT2D eigenvalue weighted by molar-refractivity contribution is -0.187. The molecule has 0 aliphatic carbocycles. The van der Waals surface area contributed by atoms with Crippen molar-refractivity contribution in [3.8, 4) is 5.75 Å². The first-order valence-corrected chi connectivity index (χ1v) is 6.79. The molecule has 5 nitrogen and oxygen atoms in total. The average Bonchev–Trinajstić information content (AvgIpc) is 3.10. The van der Waals surface area contributed by atoms with Crippen molar-refractivity contribution >= 4 is 0 Å². The summed E-state index contributed by atoms with van der Waals surface area (Å²) in [6.07, 6.45) is 6.36. The van der Waals surface area contributed by atoms with Crippen LogP contribution >= 0.6 is 0 Å². The molecule has 0 amide bonds. The normalized spacial score (nSPS) is 25.9. The second kappa shape index (κ2) is 5.26. The highest BCUT2D eigenvalue weighted by molar-refractivity contribution is 5.29. The summed E-state index contributed by atoms with van der Waals surface area (Å²) in [5.41, 5.74) is 0.903. The molecule has 1 saturated heterocycles. The van der Waals surface area contributed by atoms with Gasteiger partial charge in [-0.15, -0.1) is 0 Å². The first-order valence-electron chi connectivity index (χ1n) is 6.79. The van der Waals surface area contributed by atoms with E-state index in [2.05, 4.69) is 11.9 Å². The number of nitrogens with zero attached hydrogens (tertiary/aromatic N) is 2. The molecule has 0 spiro atoms. The summed E-state index contributed by atoms with van der Waals surface area (Å²) in [4.78, 5) is 4.05. The summed E-state index contributed by atoms with van der Waals surface area (Å²) in [6, 6.07) is 6.97. The van der Waals surface area contributed by atoms with Crippen molar-refractivity contribution in [1.82, 2.24) is 9.55 Å². The van der Waals surface area contributed by atoms with Crippen molar-refractivity contribution in [2.75, 3.05) is 6.61 Å². The molecular weight excluding hydrogens is 256 g/mol. The van der Waals surface area contributed by atoms with E-state index in [4.69, 9.17) is 9.47 Å². The molecule has 1 aliphatic rings. The number of hydrogen-bond acceptors (Lipinski definition) is 4. The molecule has 20 heavy (non-hydrogen) atoms. The van der Waals surface area contributed by atoms with Gasteiger partial charge in [0.05, 0.1) is 25.6 Å². The third-order valence-corrected chi connectivity index (χ3v) is 3.57. The first-order chi connectivity index (χ1) is 9.72. The van der Waals surface area contributed by atoms with E-state index in [1.165, 1.54) is 0 Å². The molecule has 3 rings (SSSR count). The Bertz CT molecular complexity index is 553. The van der Waals surface area contributed by atoms with Crippen LogP contribution in [0.2, 0.25) is 0 Å². The summed E-state index contributed by atoms with van der Waals surface area (Å²) in [7, 11) is 0. The Balaban J connectivity index is 1.93. The zero-order valence-corrected chi connectivity index (χ0v) is 11.4. The maximum atomic E-state index is 9.44. The highest BCUT2D eigenvalue weighted by atomic mass is 16.7. The minimum Gasteiger partial charge on any atom is -0.508 e. The van der Waals surface area contributed by atoms with Crippen LogP contribution in [-0.2, 0) is 21.8 Å². The summed E-state index contributed by atoms with van der Waals surface area (Å²) in [5, 5.41) is 9.44. The lowest BCUT2D eigenvalue weighted by Gasteiger charge is -2.29. The first kappa shape index (κ1) is 13.1. The van der Waals surface area contributed by atoms with Gasteiger partial charge in [-0.25, -0.2) is 4.98 Å². The summed E-state index contributed by atoms with van der Waals surface area (Å²) in [5.74, 6) is -0.578. The quantitative estimate of drug-likeness (QED) is 0.929. The van der Waals surface area contributed by atoms with E-state index < -0.39 is 5.79 Å². The second-order valence-corrected chi connectivity index (χ2v) is 4.99. The number of imidazole rings is 1. The molecule has 5 heteroatoms. The minimum absolute atomic E-state index is 0.0901. The number of aromatic nitrogens is 2. The van der Waals surface area contributed by atoms with E-state index >= 15 is 0 Å². The van der Waals surface area contributed by atoms with Crippen LogP contribution in [0.15, 0.2) is 43.0 Å². The number of ether oxygens (including phenoxy) is 2. The highest BCUT2D eigenvalue weighted by Crippen LogP contribution is 2.37. The molecule has 0 bridgehead atoms. The van der Waals surface area contributed by atoms with E-state index in [-0.39, 0.29) is 11.9 Å². The fraction of sp³-hybridized carbons (Fsp3) is 0.400. The smallest absolute Gasteiger partial charge is 0.213 e. The van der Waals surface area contributed by atoms with E-state index in [0.717, 1.165) is 12.0 Å². The van der Waals surface area contributed by atoms with Gasteiger partial charge >= 0.3 is 0 Å². The Morgan fingerprint density at radius 3 is 2.80 bits per heavy atom. The van der Waals surface area contributed by atoms with Gasteiger partial charge in [-0.05, 0) is 30.7 Å². The van der Waals surface area contributed by atoms with Crippen LogP contribution in [0.4, 0.5) is 0 Å². The molecule has 2 atom stereocenters. The lowest BCUT2D eigenvalue weighted by Crippen LogP contribution is -2.33. The van der Waals surface area contributed by atoms with Gasteiger partial charge < -0.3 is 19.1 Å². The SMILES string of the molecule is CCC1COC(Cn2ccnc2)(c2ccc(O)cc2)O1. The molecule has 0 saturated carbocycles. The number of rotatable bonds is 4. The van der Waals surface area contributed by atoms with Crippen molar-refractivity contribution in [2.45, 2.75) is 31.8 Å². The van der Waals surface area contributed by atoms with Crippen LogP contribution in [0.5, 0.6) is 5.75 Å². The molecule has 1 aromatic heterocycles. The third-order valence-electron chi connectivity index (χ3n) is 3.57. The third kappa shape index (κ3) is 2.42. The van der Waals surface area contributed by atoms with Gasteiger partial charge in [0.25, 0.3) is 0 Å². The topological polar surface area (TPSA) is 56.5 Å². The number of benzene rings is 1. The van der Waals surface area contributed by atoms with Crippen molar-refractivity contribution in [1.29, 1.82) is 0 Å². The van der Waals surface area contributed by atoms with Gasteiger partial charge in [0.15, 0.2) is 0 Å². The Kier molecular flexibility index (Phi) is 3.46. The Labute approximate surface area is 117 Å². The lowest BCUT2D eigenvalue weighted by atomic mass is 10.1. The number of aromatic hydroxyl groups is 1. The van der Waals surface area contributed by atoms with Gasteiger partial charge in [-0.1, -0.05) is 6.92 Å². The Hall–Kier alpha value is -1.85. The highest BCUT2D eigenvalue weighted by Gasteiger charge is 2.43. The van der Waals surface area contributed by atoms with Gasteiger partial charge in [0.2, 0.25) is 5.79 Å². The maximum absolute atomic E-state index is 9.44. The molecule has 106 valence electrons. The van der Waals surface area contributed by atoms with Crippen LogP contribution in [0.25, 0.3) is 0 Å². The minimum atomic E-state index is -0.810. The fourth-order valence-corrected chi connectivity index (χ4v) is 2.43. The molecule has 2 unspecified atom stereocenters. The largest absolute Gasteiger partial charge is 0.508 e. The van der Waals surface area contributed by atoms with E-state index in [9.17, 15) is 5.11 Å². The monoisotopic (exact) mass is 274 g/mol. The van der Waals surface area contributed by atoms with E-state index in [0.29, 0.717) is 13.2 Å². The predicted octanol–water partition coefficient (Wildman–Crippen LogP) is 2.27. The van der Waals surface area contributed by atoms with Crippen LogP contribution < -0.4 is 0 Å². The molecule has 1 aliphatic heterocycles. The molecule has 1 N–H and O–H groups in total. The van der Waals surface area contributed by atoms with Crippen molar-refractivity contribution in [2.24, 2.45) is 0 Å². The maximum Gasteiger partial charge on any atom is 0.213 e. The van der Waals surface area contributed by atoms with Gasteiger partial charge in [-0.3, -0.25) is 0 Å². The van der Waals surface area contributed by atoms with E-state index in [1.54, 1.807) is 24.7 Å². The predicted molar refractivity (Wildman–Crippen MR) is 73.1 cm³/mol. The van der Waals surface area contributed by atoms with Crippen LogP contribution in [0, 0.1) is 0 Å². The Morgan fingerprint density at radius 2 is 2.20 bits per heavy atom. The number of phenolic OH excluding ortho intramolecular Hbond substituents is 1. The van der Waals surface area contributed by atoms with Crippen LogP contribution in [-0.4, -0.2) is 27.4 Å². The summed E-state index contributed by atoms with van der Waals surface area (Å²) >= 11 is 0. The second-order valence-electron chi connectivity index (χ2n) is 4.99. The summed E-state index contributed by atoms with van der Waals surface area (Å²) < 4.78 is 14.1. The molecule has 1 aromatic carbocycles. The standard InChI is InChI=1S/C15H18N2O3/c1-2-14-9-19-15(20-14,10-17-8-7-16-11-17)12-3-5-13(18)6-4-12/h3-8,11,14,18H,2,9-10H2,1H3. The molecule has 0 radical (unpaired) electrons. The number of phenols is 1. The zero-order chi connectivity index (χ0) is 14.0. The zero-order valence-electron chi connectivity index (χ0n) is 11.4. The van der Waals surface area contributed by atoms with Crippen molar-refractivity contribution in [3.05, 3.63) is 48.5 Å². The van der Waals surface area contributed by atoms with Gasteiger partial charge in [-0.2, -0.15) is 0 Å². The Morgan fingerprint density at radius 1 is 1.40 bits per heavy atom. The molecular formula is C15H18N2O3.